The van der Waals surface area contributed by atoms with Gasteiger partial charge in [-0.2, -0.15) is 0 Å². The minimum absolute atomic E-state index is 0.104. The second-order valence-corrected chi connectivity index (χ2v) is 5.77. The van der Waals surface area contributed by atoms with Crippen molar-refractivity contribution < 1.29 is 14.3 Å². The Kier molecular flexibility index (Phi) is 7.58. The summed E-state index contributed by atoms with van der Waals surface area (Å²) < 4.78 is 10.9. The fourth-order valence-corrected chi connectivity index (χ4v) is 2.43. The lowest BCUT2D eigenvalue weighted by Gasteiger charge is -2.13. The van der Waals surface area contributed by atoms with Crippen molar-refractivity contribution in [2.45, 2.75) is 6.61 Å². The van der Waals surface area contributed by atoms with E-state index in [0.29, 0.717) is 39.3 Å². The predicted molar refractivity (Wildman–Crippen MR) is 108 cm³/mol. The van der Waals surface area contributed by atoms with Crippen LogP contribution < -0.4 is 25.8 Å². The zero-order valence-electron chi connectivity index (χ0n) is 15.7. The Morgan fingerprint density at radius 1 is 1.36 bits per heavy atom. The molecular weight excluding hydrogens is 384 g/mol. The van der Waals surface area contributed by atoms with Crippen LogP contribution in [0, 0.1) is 0 Å². The van der Waals surface area contributed by atoms with Gasteiger partial charge in [0.05, 0.1) is 30.2 Å². The van der Waals surface area contributed by atoms with Crippen molar-refractivity contribution in [2.75, 3.05) is 26.5 Å². The number of hydrogen-bond donors (Lipinski definition) is 3. The van der Waals surface area contributed by atoms with E-state index in [0.717, 1.165) is 0 Å². The van der Waals surface area contributed by atoms with Crippen molar-refractivity contribution in [2.24, 2.45) is 10.7 Å². The first-order chi connectivity index (χ1) is 13.5. The Balaban J connectivity index is 2.12. The molecule has 0 aliphatic carbocycles. The molecular formula is C18H21ClN6O3. The number of halogens is 1. The van der Waals surface area contributed by atoms with Gasteiger partial charge in [0, 0.05) is 37.6 Å². The molecule has 9 nitrogen and oxygen atoms in total. The second kappa shape index (κ2) is 10.1. The van der Waals surface area contributed by atoms with Gasteiger partial charge in [0.2, 0.25) is 5.95 Å². The van der Waals surface area contributed by atoms with Crippen LogP contribution in [-0.2, 0) is 6.61 Å². The van der Waals surface area contributed by atoms with E-state index in [4.69, 9.17) is 26.8 Å². The number of carbonyl (C=O) groups excluding carboxylic acids is 1. The maximum Gasteiger partial charge on any atom is 0.251 e. The van der Waals surface area contributed by atoms with Crippen LogP contribution in [0.3, 0.4) is 0 Å². The highest BCUT2D eigenvalue weighted by Gasteiger charge is 2.14. The highest BCUT2D eigenvalue weighted by Crippen LogP contribution is 2.30. The number of hydrogen-bond acceptors (Lipinski definition) is 8. The Labute approximate surface area is 167 Å². The smallest absolute Gasteiger partial charge is 0.251 e. The zero-order chi connectivity index (χ0) is 20.5. The highest BCUT2D eigenvalue weighted by molar-refractivity contribution is 6.33. The number of rotatable bonds is 8. The molecule has 0 unspecified atom stereocenters. The molecule has 10 heteroatoms. The molecule has 0 radical (unpaired) electrons. The van der Waals surface area contributed by atoms with Gasteiger partial charge in [-0.1, -0.05) is 11.6 Å². The van der Waals surface area contributed by atoms with Gasteiger partial charge in [0.15, 0.2) is 5.75 Å². The molecule has 28 heavy (non-hydrogen) atoms. The maximum absolute atomic E-state index is 11.9. The normalized spacial score (nSPS) is 11.4. The lowest BCUT2D eigenvalue weighted by molar-refractivity contribution is 0.0962. The van der Waals surface area contributed by atoms with Crippen LogP contribution in [0.5, 0.6) is 11.5 Å². The van der Waals surface area contributed by atoms with E-state index in [1.54, 1.807) is 32.4 Å². The lowest BCUT2D eigenvalue weighted by Crippen LogP contribution is -2.18. The van der Waals surface area contributed by atoms with E-state index in [1.807, 2.05) is 0 Å². The minimum Gasteiger partial charge on any atom is -0.495 e. The van der Waals surface area contributed by atoms with E-state index in [9.17, 15) is 4.79 Å². The van der Waals surface area contributed by atoms with Crippen LogP contribution in [0.15, 0.2) is 41.4 Å². The first-order valence-corrected chi connectivity index (χ1v) is 8.54. The second-order valence-electron chi connectivity index (χ2n) is 5.40. The van der Waals surface area contributed by atoms with Crippen LogP contribution in [-0.4, -0.2) is 43.3 Å². The van der Waals surface area contributed by atoms with Crippen molar-refractivity contribution in [1.82, 2.24) is 15.3 Å². The van der Waals surface area contributed by atoms with Gasteiger partial charge in [-0.15, -0.1) is 0 Å². The summed E-state index contributed by atoms with van der Waals surface area (Å²) in [5.74, 6) is 0.892. The molecule has 1 amide bonds. The summed E-state index contributed by atoms with van der Waals surface area (Å²) in [5.41, 5.74) is 7.04. The number of allylic oxidation sites excluding steroid dienone is 1. The Hall–Kier alpha value is -3.33. The van der Waals surface area contributed by atoms with Gasteiger partial charge >= 0.3 is 0 Å². The van der Waals surface area contributed by atoms with E-state index >= 15 is 0 Å². The van der Waals surface area contributed by atoms with Crippen LogP contribution in [0.2, 0.25) is 5.02 Å². The maximum atomic E-state index is 11.9. The molecule has 0 aliphatic heterocycles. The summed E-state index contributed by atoms with van der Waals surface area (Å²) in [6.45, 7) is 0.104. The molecule has 2 rings (SSSR count). The molecule has 148 valence electrons. The Morgan fingerprint density at radius 3 is 2.64 bits per heavy atom. The zero-order valence-corrected chi connectivity index (χ0v) is 16.4. The number of anilines is 1. The third-order valence-electron chi connectivity index (χ3n) is 3.55. The van der Waals surface area contributed by atoms with Crippen LogP contribution in [0.4, 0.5) is 5.95 Å². The number of aromatic nitrogens is 2. The van der Waals surface area contributed by atoms with Crippen LogP contribution in [0.1, 0.15) is 15.9 Å². The number of nitrogens with zero attached hydrogens (tertiary/aromatic N) is 3. The molecule has 0 aliphatic rings. The van der Waals surface area contributed by atoms with Gasteiger partial charge in [0.25, 0.3) is 5.91 Å². The molecule has 0 saturated heterocycles. The Morgan fingerprint density at radius 2 is 2.07 bits per heavy atom. The van der Waals surface area contributed by atoms with Gasteiger partial charge < -0.3 is 25.8 Å². The predicted octanol–water partition coefficient (Wildman–Crippen LogP) is 1.99. The molecule has 1 aromatic heterocycles. The topological polar surface area (TPSA) is 124 Å². The number of nitrogens with one attached hydrogen (secondary N) is 2. The first-order valence-electron chi connectivity index (χ1n) is 8.16. The van der Waals surface area contributed by atoms with Gasteiger partial charge in [0.1, 0.15) is 12.4 Å². The van der Waals surface area contributed by atoms with Crippen molar-refractivity contribution in [3.05, 3.63) is 52.6 Å². The molecule has 0 saturated carbocycles. The summed E-state index contributed by atoms with van der Waals surface area (Å²) in [5, 5.41) is 5.84. The van der Waals surface area contributed by atoms with Gasteiger partial charge in [-0.3, -0.25) is 9.79 Å². The summed E-state index contributed by atoms with van der Waals surface area (Å²) in [7, 11) is 4.65. The van der Waals surface area contributed by atoms with Crippen molar-refractivity contribution in [3.8, 4) is 11.5 Å². The van der Waals surface area contributed by atoms with Crippen molar-refractivity contribution in [1.29, 1.82) is 0 Å². The summed E-state index contributed by atoms with van der Waals surface area (Å²) >= 11 is 6.31. The quantitative estimate of drug-likeness (QED) is 0.574. The largest absolute Gasteiger partial charge is 0.495 e. The Bertz CT molecular complexity index is 884. The first kappa shape index (κ1) is 21.0. The van der Waals surface area contributed by atoms with Crippen LogP contribution >= 0.6 is 11.6 Å². The van der Waals surface area contributed by atoms with Gasteiger partial charge in [-0.05, 0) is 12.1 Å². The molecule has 0 spiro atoms. The summed E-state index contributed by atoms with van der Waals surface area (Å²) in [4.78, 5) is 24.1. The van der Waals surface area contributed by atoms with E-state index < -0.39 is 0 Å². The van der Waals surface area contributed by atoms with Crippen molar-refractivity contribution >= 4 is 29.7 Å². The standard InChI is InChI=1S/C18H21ClN6O3/c1-21-7-13(6-20)25-18-23-8-14(9-24-18)28-10-12-4-11(17(26)22-2)5-15(27-3)16(12)19/h4-9H,10,20H2,1-3H3,(H,22,26)(H,23,24,25). The molecule has 1 aromatic carbocycles. The molecule has 2 aromatic rings. The number of ether oxygens (including phenoxy) is 2. The fourth-order valence-electron chi connectivity index (χ4n) is 2.19. The van der Waals surface area contributed by atoms with E-state index in [-0.39, 0.29) is 12.5 Å². The highest BCUT2D eigenvalue weighted by atomic mass is 35.5. The third kappa shape index (κ3) is 5.34. The average molecular weight is 405 g/mol. The fraction of sp³-hybridized carbons (Fsp3) is 0.222. The average Bonchev–Trinajstić information content (AvgIpc) is 2.73. The number of methoxy groups -OCH3 is 1. The molecule has 0 fully saturated rings. The molecule has 0 atom stereocenters. The lowest BCUT2D eigenvalue weighted by atomic mass is 10.1. The monoisotopic (exact) mass is 404 g/mol. The van der Waals surface area contributed by atoms with Crippen LogP contribution in [0.25, 0.3) is 0 Å². The van der Waals surface area contributed by atoms with Crippen molar-refractivity contribution in [3.63, 3.8) is 0 Å². The van der Waals surface area contributed by atoms with E-state index in [2.05, 4.69) is 25.6 Å². The molecule has 0 bridgehead atoms. The number of nitrogens with two attached hydrogens (primary N) is 1. The summed E-state index contributed by atoms with van der Waals surface area (Å²) in [6, 6.07) is 3.21. The molecule has 4 N–H and O–H groups in total. The number of aliphatic imine (C=N–C) groups is 1. The number of benzene rings is 1. The van der Waals surface area contributed by atoms with Gasteiger partial charge in [-0.25, -0.2) is 9.97 Å². The third-order valence-corrected chi connectivity index (χ3v) is 3.98. The minimum atomic E-state index is -0.255. The number of carbonyl (C=O) groups is 1. The number of amides is 1. The molecule has 1 heterocycles. The summed E-state index contributed by atoms with van der Waals surface area (Å²) in [6.07, 6.45) is 5.90. The SMILES string of the molecule is CN=CC(=CN)Nc1ncc(OCc2cc(C(=O)NC)cc(OC)c2Cl)cn1. The van der Waals surface area contributed by atoms with E-state index in [1.165, 1.54) is 25.7 Å².